The van der Waals surface area contributed by atoms with E-state index in [0.29, 0.717) is 19.0 Å². The first-order valence-electron chi connectivity index (χ1n) is 3.32. The smallest absolute Gasteiger partial charge is 0.358 e. The number of hydrogen-bond acceptors (Lipinski definition) is 3. The third kappa shape index (κ3) is 0.863. The molecule has 0 spiro atoms. The molecular formula is C6H5ClN2O3. The molecule has 64 valence electrons. The summed E-state index contributed by atoms with van der Waals surface area (Å²) in [5.41, 5.74) is -0.147. The van der Waals surface area contributed by atoms with Crippen LogP contribution in [0.5, 0.6) is 5.88 Å². The lowest BCUT2D eigenvalue weighted by atomic mass is 10.4. The zero-order chi connectivity index (χ0) is 8.72. The predicted molar refractivity (Wildman–Crippen MR) is 39.7 cm³/mol. The minimum Gasteiger partial charge on any atom is -0.476 e. The zero-order valence-electron chi connectivity index (χ0n) is 5.95. The summed E-state index contributed by atoms with van der Waals surface area (Å²) in [6.45, 7) is 1.06. The van der Waals surface area contributed by atoms with Gasteiger partial charge in [0.05, 0.1) is 6.54 Å². The van der Waals surface area contributed by atoms with Crippen LogP contribution in [0.1, 0.15) is 10.5 Å². The Morgan fingerprint density at radius 2 is 2.50 bits per heavy atom. The first-order valence-corrected chi connectivity index (χ1v) is 3.70. The van der Waals surface area contributed by atoms with Crippen molar-refractivity contribution in [2.24, 2.45) is 0 Å². The van der Waals surface area contributed by atoms with E-state index < -0.39 is 5.97 Å². The van der Waals surface area contributed by atoms with E-state index in [9.17, 15) is 4.79 Å². The quantitative estimate of drug-likeness (QED) is 0.702. The Hall–Kier alpha value is -1.23. The fourth-order valence-corrected chi connectivity index (χ4v) is 1.35. The number of carboxylic acid groups (broad SMARTS) is 1. The van der Waals surface area contributed by atoms with Crippen LogP contribution in [0.15, 0.2) is 0 Å². The van der Waals surface area contributed by atoms with Crippen LogP contribution in [-0.4, -0.2) is 27.5 Å². The average Bonchev–Trinajstić information content (AvgIpc) is 2.53. The molecule has 0 aliphatic carbocycles. The summed E-state index contributed by atoms with van der Waals surface area (Å²) in [7, 11) is 0. The molecule has 0 amide bonds. The first kappa shape index (κ1) is 7.42. The second-order valence-corrected chi connectivity index (χ2v) is 2.72. The zero-order valence-corrected chi connectivity index (χ0v) is 6.71. The van der Waals surface area contributed by atoms with Crippen LogP contribution in [-0.2, 0) is 6.54 Å². The average molecular weight is 189 g/mol. The molecule has 0 aromatic carbocycles. The maximum Gasteiger partial charge on any atom is 0.358 e. The number of aromatic nitrogens is 2. The highest BCUT2D eigenvalue weighted by atomic mass is 35.5. The summed E-state index contributed by atoms with van der Waals surface area (Å²) in [4.78, 5) is 10.5. The molecule has 2 heterocycles. The number of carbonyl (C=O) groups is 1. The van der Waals surface area contributed by atoms with Gasteiger partial charge in [0.15, 0.2) is 5.69 Å². The van der Waals surface area contributed by atoms with Crippen molar-refractivity contribution < 1.29 is 14.6 Å². The lowest BCUT2D eigenvalue weighted by molar-refractivity contribution is 0.0689. The number of aromatic carboxylic acids is 1. The fourth-order valence-electron chi connectivity index (χ4n) is 1.08. The molecule has 0 saturated heterocycles. The monoisotopic (exact) mass is 188 g/mol. The summed E-state index contributed by atoms with van der Waals surface area (Å²) in [5.74, 6) is -0.778. The van der Waals surface area contributed by atoms with E-state index in [1.807, 2.05) is 0 Å². The highest BCUT2D eigenvalue weighted by Crippen LogP contribution is 2.30. The standard InChI is InChI=1S/C6H5ClN2O3/c7-3-4(6(10)11)8-9-1-2-12-5(3)9/h1-2H2,(H,10,11). The summed E-state index contributed by atoms with van der Waals surface area (Å²) in [6.07, 6.45) is 0. The van der Waals surface area contributed by atoms with E-state index in [2.05, 4.69) is 5.10 Å². The number of hydrogen-bond donors (Lipinski definition) is 1. The second kappa shape index (κ2) is 2.38. The molecule has 0 bridgehead atoms. The summed E-state index contributed by atoms with van der Waals surface area (Å²) in [6, 6.07) is 0. The number of carboxylic acids is 1. The van der Waals surface area contributed by atoms with E-state index in [1.54, 1.807) is 0 Å². The molecule has 6 heteroatoms. The molecule has 12 heavy (non-hydrogen) atoms. The van der Waals surface area contributed by atoms with Gasteiger partial charge in [-0.2, -0.15) is 5.10 Å². The predicted octanol–water partition coefficient (Wildman–Crippen LogP) is 0.627. The Labute approximate surface area is 72.5 Å². The minimum atomic E-state index is -1.13. The van der Waals surface area contributed by atoms with E-state index >= 15 is 0 Å². The molecule has 2 rings (SSSR count). The van der Waals surface area contributed by atoms with E-state index in [1.165, 1.54) is 4.68 Å². The molecule has 0 atom stereocenters. The van der Waals surface area contributed by atoms with Crippen LogP contribution in [0.25, 0.3) is 0 Å². The molecule has 1 aliphatic rings. The third-order valence-corrected chi connectivity index (χ3v) is 1.94. The van der Waals surface area contributed by atoms with Gasteiger partial charge >= 0.3 is 5.97 Å². The number of rotatable bonds is 1. The van der Waals surface area contributed by atoms with Crippen molar-refractivity contribution in [3.8, 4) is 5.88 Å². The van der Waals surface area contributed by atoms with Crippen LogP contribution < -0.4 is 4.74 Å². The van der Waals surface area contributed by atoms with Crippen molar-refractivity contribution in [2.75, 3.05) is 6.61 Å². The van der Waals surface area contributed by atoms with Crippen molar-refractivity contribution in [1.82, 2.24) is 9.78 Å². The van der Waals surface area contributed by atoms with Gasteiger partial charge < -0.3 is 9.84 Å². The lowest BCUT2D eigenvalue weighted by Gasteiger charge is -1.91. The lowest BCUT2D eigenvalue weighted by Crippen LogP contribution is -2.02. The van der Waals surface area contributed by atoms with Gasteiger partial charge in [0.1, 0.15) is 11.6 Å². The van der Waals surface area contributed by atoms with Gasteiger partial charge in [0.25, 0.3) is 0 Å². The Bertz CT molecular complexity index is 347. The van der Waals surface area contributed by atoms with E-state index in [-0.39, 0.29) is 10.7 Å². The van der Waals surface area contributed by atoms with Crippen LogP contribution in [0.4, 0.5) is 0 Å². The molecule has 1 aromatic heterocycles. The summed E-state index contributed by atoms with van der Waals surface area (Å²) < 4.78 is 6.52. The van der Waals surface area contributed by atoms with Gasteiger partial charge in [0, 0.05) is 0 Å². The maximum absolute atomic E-state index is 10.5. The van der Waals surface area contributed by atoms with Crippen LogP contribution in [0, 0.1) is 0 Å². The molecule has 0 radical (unpaired) electrons. The van der Waals surface area contributed by atoms with Crippen molar-refractivity contribution in [1.29, 1.82) is 0 Å². The molecule has 1 aliphatic heterocycles. The molecule has 5 nitrogen and oxygen atoms in total. The van der Waals surface area contributed by atoms with Gasteiger partial charge in [-0.1, -0.05) is 11.6 Å². The van der Waals surface area contributed by atoms with Crippen molar-refractivity contribution in [3.63, 3.8) is 0 Å². The van der Waals surface area contributed by atoms with Gasteiger partial charge in [-0.05, 0) is 0 Å². The Kier molecular flexibility index (Phi) is 1.47. The van der Waals surface area contributed by atoms with Crippen molar-refractivity contribution in [2.45, 2.75) is 6.54 Å². The van der Waals surface area contributed by atoms with Crippen LogP contribution >= 0.6 is 11.6 Å². The van der Waals surface area contributed by atoms with E-state index in [0.717, 1.165) is 0 Å². The Balaban J connectivity index is 2.54. The maximum atomic E-state index is 10.5. The van der Waals surface area contributed by atoms with Crippen LogP contribution in [0.3, 0.4) is 0 Å². The van der Waals surface area contributed by atoms with Crippen molar-refractivity contribution in [3.05, 3.63) is 10.7 Å². The Morgan fingerprint density at radius 1 is 1.75 bits per heavy atom. The molecule has 0 fully saturated rings. The second-order valence-electron chi connectivity index (χ2n) is 2.34. The highest BCUT2D eigenvalue weighted by molar-refractivity contribution is 6.34. The minimum absolute atomic E-state index is 0.0833. The normalized spacial score (nSPS) is 14.1. The SMILES string of the molecule is O=C(O)c1nn2c(c1Cl)OCC2. The number of fused-ring (bicyclic) bond motifs is 1. The topological polar surface area (TPSA) is 64.3 Å². The van der Waals surface area contributed by atoms with Gasteiger partial charge in [-0.3, -0.25) is 0 Å². The van der Waals surface area contributed by atoms with Crippen molar-refractivity contribution >= 4 is 17.6 Å². The molecular weight excluding hydrogens is 184 g/mol. The number of ether oxygens (including phenoxy) is 1. The molecule has 0 unspecified atom stereocenters. The van der Waals surface area contributed by atoms with Crippen LogP contribution in [0.2, 0.25) is 5.02 Å². The summed E-state index contributed by atoms with van der Waals surface area (Å²) >= 11 is 5.68. The highest BCUT2D eigenvalue weighted by Gasteiger charge is 2.25. The van der Waals surface area contributed by atoms with E-state index in [4.69, 9.17) is 21.4 Å². The summed E-state index contributed by atoms with van der Waals surface area (Å²) in [5, 5.41) is 12.4. The third-order valence-electron chi connectivity index (χ3n) is 1.60. The Morgan fingerprint density at radius 3 is 3.08 bits per heavy atom. The number of halogens is 1. The molecule has 1 N–H and O–H groups in total. The first-order chi connectivity index (χ1) is 5.70. The van der Waals surface area contributed by atoms with Gasteiger partial charge in [0.2, 0.25) is 5.88 Å². The van der Waals surface area contributed by atoms with Gasteiger partial charge in [-0.25, -0.2) is 9.48 Å². The molecule has 0 saturated carbocycles. The number of nitrogens with zero attached hydrogens (tertiary/aromatic N) is 2. The largest absolute Gasteiger partial charge is 0.476 e. The molecule has 1 aromatic rings. The van der Waals surface area contributed by atoms with Gasteiger partial charge in [-0.15, -0.1) is 0 Å². The fraction of sp³-hybridized carbons (Fsp3) is 0.333.